The third-order valence-corrected chi connectivity index (χ3v) is 6.50. The van der Waals surface area contributed by atoms with Crippen molar-refractivity contribution >= 4 is 23.6 Å². The molecule has 0 aromatic heterocycles. The summed E-state index contributed by atoms with van der Waals surface area (Å²) >= 11 is 6.60. The molecule has 0 saturated carbocycles. The first-order valence-electron chi connectivity index (χ1n) is 11.1. The van der Waals surface area contributed by atoms with Gasteiger partial charge in [-0.1, -0.05) is 68.8 Å². The van der Waals surface area contributed by atoms with Gasteiger partial charge in [-0.25, -0.2) is 9.18 Å². The van der Waals surface area contributed by atoms with Crippen LogP contribution in [0.1, 0.15) is 42.3 Å². The van der Waals surface area contributed by atoms with E-state index >= 15 is 4.39 Å². The molecule has 0 saturated heterocycles. The predicted octanol–water partition coefficient (Wildman–Crippen LogP) is 5.59. The number of rotatable bonds is 5. The normalized spacial score (nSPS) is 17.9. The van der Waals surface area contributed by atoms with E-state index in [0.717, 1.165) is 5.56 Å². The lowest BCUT2D eigenvalue weighted by Gasteiger charge is -2.43. The zero-order chi connectivity index (χ0) is 25.5. The van der Waals surface area contributed by atoms with Gasteiger partial charge in [0.15, 0.2) is 11.7 Å². The average molecular weight is 497 g/mol. The van der Waals surface area contributed by atoms with Crippen LogP contribution in [0.2, 0.25) is 5.02 Å². The van der Waals surface area contributed by atoms with Crippen molar-refractivity contribution in [1.82, 2.24) is 0 Å². The minimum Gasteiger partial charge on any atom is -0.478 e. The molecule has 0 fully saturated rings. The molecule has 8 heteroatoms. The van der Waals surface area contributed by atoms with Crippen LogP contribution in [0.5, 0.6) is 5.75 Å². The zero-order valence-corrected chi connectivity index (χ0v) is 20.4. The molecule has 3 aromatic rings. The second-order valence-corrected chi connectivity index (χ2v) is 10.1. The molecule has 1 aliphatic rings. The third-order valence-electron chi connectivity index (χ3n) is 6.19. The first-order valence-corrected chi connectivity index (χ1v) is 11.4. The Labute approximate surface area is 208 Å². The molecule has 182 valence electrons. The quantitative estimate of drug-likeness (QED) is 0.480. The molecule has 2 amide bonds. The van der Waals surface area contributed by atoms with Crippen LogP contribution in [0.4, 0.5) is 9.18 Å². The minimum absolute atomic E-state index is 0.00160. The maximum atomic E-state index is 15.2. The van der Waals surface area contributed by atoms with Crippen LogP contribution in [0.3, 0.4) is 0 Å². The fraction of sp³-hybridized carbons (Fsp3) is 0.259. The summed E-state index contributed by atoms with van der Waals surface area (Å²) in [5.41, 5.74) is 10.9. The van der Waals surface area contributed by atoms with Crippen molar-refractivity contribution in [2.45, 2.75) is 38.9 Å². The standard InChI is InChI=1S/C27H26ClFN2O4/c1-26(2,3)24(34-25(31)33)27(15-8-5-4-6-9-15)14-17-20(35-27)13-12-18(28)21(17)22-16(23(30)32)10-7-11-19(22)29/h4-13,24H,14H2,1-3H3,(H2,30,32)(H2,31,33). The van der Waals surface area contributed by atoms with Crippen LogP contribution in [0.15, 0.2) is 60.7 Å². The number of nitrogens with two attached hydrogens (primary N) is 2. The van der Waals surface area contributed by atoms with Crippen molar-refractivity contribution in [3.8, 4) is 16.9 Å². The fourth-order valence-electron chi connectivity index (χ4n) is 4.89. The minimum atomic E-state index is -1.20. The lowest BCUT2D eigenvalue weighted by Crippen LogP contribution is -2.53. The van der Waals surface area contributed by atoms with Crippen molar-refractivity contribution in [1.29, 1.82) is 0 Å². The van der Waals surface area contributed by atoms with E-state index in [1.165, 1.54) is 18.2 Å². The molecule has 4 N–H and O–H groups in total. The Morgan fingerprint density at radius 1 is 1.03 bits per heavy atom. The van der Waals surface area contributed by atoms with Crippen LogP contribution in [0.25, 0.3) is 11.1 Å². The van der Waals surface area contributed by atoms with Gasteiger partial charge in [-0.15, -0.1) is 0 Å². The topological polar surface area (TPSA) is 105 Å². The summed E-state index contributed by atoms with van der Waals surface area (Å²) in [6, 6.07) is 16.7. The van der Waals surface area contributed by atoms with E-state index in [1.54, 1.807) is 12.1 Å². The Balaban J connectivity index is 2.00. The van der Waals surface area contributed by atoms with Crippen molar-refractivity contribution in [2.75, 3.05) is 0 Å². The summed E-state index contributed by atoms with van der Waals surface area (Å²) in [4.78, 5) is 24.2. The van der Waals surface area contributed by atoms with Gasteiger partial charge in [-0.05, 0) is 29.8 Å². The number of ether oxygens (including phenoxy) is 2. The van der Waals surface area contributed by atoms with Gasteiger partial charge in [0.05, 0.1) is 0 Å². The van der Waals surface area contributed by atoms with Gasteiger partial charge >= 0.3 is 6.09 Å². The van der Waals surface area contributed by atoms with E-state index in [0.29, 0.717) is 16.9 Å². The predicted molar refractivity (Wildman–Crippen MR) is 132 cm³/mol. The second kappa shape index (κ2) is 8.89. The van der Waals surface area contributed by atoms with E-state index < -0.39 is 34.9 Å². The number of hydrogen-bond acceptors (Lipinski definition) is 4. The summed E-state index contributed by atoms with van der Waals surface area (Å²) in [5.74, 6) is -1.00. The van der Waals surface area contributed by atoms with Crippen LogP contribution >= 0.6 is 11.6 Å². The number of primary amides is 2. The number of halogens is 2. The van der Waals surface area contributed by atoms with E-state index in [-0.39, 0.29) is 22.6 Å². The summed E-state index contributed by atoms with van der Waals surface area (Å²) < 4.78 is 27.5. The maximum absolute atomic E-state index is 15.2. The molecular formula is C27H26ClFN2O4. The van der Waals surface area contributed by atoms with E-state index in [9.17, 15) is 9.59 Å². The highest BCUT2D eigenvalue weighted by Gasteiger charge is 2.55. The first-order chi connectivity index (χ1) is 16.5. The van der Waals surface area contributed by atoms with Gasteiger partial charge in [-0.3, -0.25) is 4.79 Å². The van der Waals surface area contributed by atoms with Gasteiger partial charge in [0.1, 0.15) is 11.6 Å². The fourth-order valence-corrected chi connectivity index (χ4v) is 5.16. The molecule has 0 aliphatic carbocycles. The first kappa shape index (κ1) is 24.5. The average Bonchev–Trinajstić information content (AvgIpc) is 3.18. The molecule has 3 aromatic carbocycles. The van der Waals surface area contributed by atoms with Crippen molar-refractivity contribution < 1.29 is 23.5 Å². The third kappa shape index (κ3) is 4.32. The Morgan fingerprint density at radius 2 is 1.71 bits per heavy atom. The second-order valence-electron chi connectivity index (χ2n) is 9.64. The maximum Gasteiger partial charge on any atom is 0.404 e. The molecule has 0 bridgehead atoms. The summed E-state index contributed by atoms with van der Waals surface area (Å²) in [6.07, 6.45) is -1.60. The molecule has 6 nitrogen and oxygen atoms in total. The summed E-state index contributed by atoms with van der Waals surface area (Å²) in [7, 11) is 0. The SMILES string of the molecule is CC(C)(C)C(OC(N)=O)C1(c2ccccc2)Cc2c(ccc(Cl)c2-c2c(F)cccc2C(N)=O)O1. The monoisotopic (exact) mass is 496 g/mol. The molecule has 2 atom stereocenters. The lowest BCUT2D eigenvalue weighted by atomic mass is 9.72. The number of carbonyl (C=O) groups is 2. The van der Waals surface area contributed by atoms with E-state index in [2.05, 4.69) is 0 Å². The molecule has 1 heterocycles. The van der Waals surface area contributed by atoms with Crippen LogP contribution < -0.4 is 16.2 Å². The molecule has 2 unspecified atom stereocenters. The van der Waals surface area contributed by atoms with Crippen LogP contribution in [-0.4, -0.2) is 18.1 Å². The Morgan fingerprint density at radius 3 is 2.31 bits per heavy atom. The van der Waals surface area contributed by atoms with Crippen molar-refractivity contribution in [2.24, 2.45) is 16.9 Å². The Bertz CT molecular complexity index is 1310. The van der Waals surface area contributed by atoms with Gasteiger partial charge < -0.3 is 20.9 Å². The number of hydrogen-bond donors (Lipinski definition) is 2. The molecular weight excluding hydrogens is 471 g/mol. The number of carbonyl (C=O) groups excluding carboxylic acids is 2. The number of amides is 2. The van der Waals surface area contributed by atoms with Gasteiger partial charge in [0, 0.05) is 39.1 Å². The summed E-state index contributed by atoms with van der Waals surface area (Å²) in [6.45, 7) is 5.73. The van der Waals surface area contributed by atoms with Crippen LogP contribution in [-0.2, 0) is 16.8 Å². The van der Waals surface area contributed by atoms with Crippen LogP contribution in [0, 0.1) is 11.2 Å². The largest absolute Gasteiger partial charge is 0.478 e. The Kier molecular flexibility index (Phi) is 6.23. The van der Waals surface area contributed by atoms with Gasteiger partial charge in [0.2, 0.25) is 5.91 Å². The zero-order valence-electron chi connectivity index (χ0n) is 19.6. The lowest BCUT2D eigenvalue weighted by molar-refractivity contribution is -0.100. The molecule has 0 spiro atoms. The van der Waals surface area contributed by atoms with Crippen molar-refractivity contribution in [3.05, 3.63) is 88.2 Å². The number of benzene rings is 3. The van der Waals surface area contributed by atoms with Gasteiger partial charge in [-0.2, -0.15) is 0 Å². The van der Waals surface area contributed by atoms with E-state index in [4.69, 9.17) is 32.5 Å². The molecule has 0 radical (unpaired) electrons. The van der Waals surface area contributed by atoms with E-state index in [1.807, 2.05) is 51.1 Å². The molecule has 4 rings (SSSR count). The Hall–Kier alpha value is -3.58. The molecule has 35 heavy (non-hydrogen) atoms. The molecule has 1 aliphatic heterocycles. The summed E-state index contributed by atoms with van der Waals surface area (Å²) in [5, 5.41) is 0.229. The van der Waals surface area contributed by atoms with Crippen molar-refractivity contribution in [3.63, 3.8) is 0 Å². The smallest absolute Gasteiger partial charge is 0.404 e. The number of fused-ring (bicyclic) bond motifs is 1. The highest BCUT2D eigenvalue weighted by atomic mass is 35.5. The highest BCUT2D eigenvalue weighted by molar-refractivity contribution is 6.34. The highest BCUT2D eigenvalue weighted by Crippen LogP contribution is 2.53. The van der Waals surface area contributed by atoms with Gasteiger partial charge in [0.25, 0.3) is 0 Å².